The van der Waals surface area contributed by atoms with Gasteiger partial charge >= 0.3 is 0 Å². The molecule has 1 atom stereocenters. The number of hydrogen-bond donors (Lipinski definition) is 1. The number of carbonyl (C=O) groups is 1. The fourth-order valence-corrected chi connectivity index (χ4v) is 2.41. The van der Waals surface area contributed by atoms with E-state index in [9.17, 15) is 4.79 Å². The zero-order valence-corrected chi connectivity index (χ0v) is 12.8. The zero-order chi connectivity index (χ0) is 14.6. The Morgan fingerprint density at radius 2 is 2.00 bits per heavy atom. The largest absolute Gasteiger partial charge is 0.340 e. The molecular weight excluding hydrogens is 236 g/mol. The van der Waals surface area contributed by atoms with Crippen LogP contribution in [0.25, 0.3) is 0 Å². The Morgan fingerprint density at radius 3 is 2.53 bits per heavy atom. The van der Waals surface area contributed by atoms with Crippen LogP contribution < -0.4 is 5.73 Å². The number of likely N-dealkylation sites (N-methyl/N-ethyl adjacent to an activating group) is 1. The van der Waals surface area contributed by atoms with Crippen LogP contribution in [0.1, 0.15) is 43.4 Å². The van der Waals surface area contributed by atoms with Crippen molar-refractivity contribution in [3.05, 3.63) is 34.9 Å². The Hall–Kier alpha value is -1.35. The maximum Gasteiger partial charge on any atom is 0.242 e. The van der Waals surface area contributed by atoms with Crippen LogP contribution in [0.15, 0.2) is 18.2 Å². The van der Waals surface area contributed by atoms with Crippen molar-refractivity contribution in [2.75, 3.05) is 7.05 Å². The van der Waals surface area contributed by atoms with E-state index in [-0.39, 0.29) is 5.91 Å². The molecule has 0 aliphatic carbocycles. The fraction of sp³-hybridized carbons (Fsp3) is 0.562. The summed E-state index contributed by atoms with van der Waals surface area (Å²) in [6.07, 6.45) is 1.62. The van der Waals surface area contributed by atoms with Crippen LogP contribution in [0, 0.1) is 13.8 Å². The molecule has 1 aromatic carbocycles. The fourth-order valence-electron chi connectivity index (χ4n) is 2.41. The highest BCUT2D eigenvalue weighted by Gasteiger charge is 2.30. The monoisotopic (exact) mass is 262 g/mol. The van der Waals surface area contributed by atoms with Crippen LogP contribution in [-0.2, 0) is 11.3 Å². The summed E-state index contributed by atoms with van der Waals surface area (Å²) in [6.45, 7) is 8.62. The van der Waals surface area contributed by atoms with E-state index < -0.39 is 5.54 Å². The lowest BCUT2D eigenvalue weighted by molar-refractivity contribution is -0.135. The highest BCUT2D eigenvalue weighted by Crippen LogP contribution is 2.16. The van der Waals surface area contributed by atoms with Gasteiger partial charge < -0.3 is 10.6 Å². The van der Waals surface area contributed by atoms with Gasteiger partial charge in [0.1, 0.15) is 0 Å². The van der Waals surface area contributed by atoms with Gasteiger partial charge in [0, 0.05) is 13.6 Å². The minimum absolute atomic E-state index is 0.00863. The summed E-state index contributed by atoms with van der Waals surface area (Å²) >= 11 is 0. The van der Waals surface area contributed by atoms with Crippen LogP contribution in [0.2, 0.25) is 0 Å². The molecular formula is C16H26N2O. The Labute approximate surface area is 116 Å². The number of carbonyl (C=O) groups excluding carboxylic acids is 1. The predicted octanol–water partition coefficient (Wildman–Crippen LogP) is 2.78. The number of amides is 1. The van der Waals surface area contributed by atoms with Crippen molar-refractivity contribution in [2.24, 2.45) is 5.73 Å². The van der Waals surface area contributed by atoms with E-state index in [1.807, 2.05) is 20.9 Å². The van der Waals surface area contributed by atoms with Crippen molar-refractivity contribution in [1.29, 1.82) is 0 Å². The third-order valence-corrected chi connectivity index (χ3v) is 3.51. The van der Waals surface area contributed by atoms with Gasteiger partial charge in [0.2, 0.25) is 5.91 Å². The van der Waals surface area contributed by atoms with Crippen LogP contribution in [0.3, 0.4) is 0 Å². The molecule has 3 nitrogen and oxygen atoms in total. The molecule has 0 spiro atoms. The third-order valence-electron chi connectivity index (χ3n) is 3.51. The lowest BCUT2D eigenvalue weighted by Gasteiger charge is -2.29. The highest BCUT2D eigenvalue weighted by atomic mass is 16.2. The molecule has 3 heteroatoms. The second kappa shape index (κ2) is 6.20. The number of hydrogen-bond acceptors (Lipinski definition) is 2. The molecule has 0 radical (unpaired) electrons. The number of nitrogens with two attached hydrogens (primary N) is 1. The average molecular weight is 262 g/mol. The number of rotatable bonds is 5. The number of benzene rings is 1. The van der Waals surface area contributed by atoms with Crippen molar-refractivity contribution in [2.45, 2.75) is 52.6 Å². The summed E-state index contributed by atoms with van der Waals surface area (Å²) in [6, 6.07) is 6.30. The number of aryl methyl sites for hydroxylation is 2. The van der Waals surface area contributed by atoms with E-state index in [4.69, 9.17) is 5.73 Å². The van der Waals surface area contributed by atoms with Gasteiger partial charge in [0.25, 0.3) is 0 Å². The van der Waals surface area contributed by atoms with E-state index in [1.165, 1.54) is 16.7 Å². The summed E-state index contributed by atoms with van der Waals surface area (Å²) in [7, 11) is 1.82. The second-order valence-corrected chi connectivity index (χ2v) is 5.76. The molecule has 1 rings (SSSR count). The van der Waals surface area contributed by atoms with Gasteiger partial charge in [-0.25, -0.2) is 0 Å². The third kappa shape index (κ3) is 4.06. The molecule has 0 aliphatic rings. The molecule has 106 valence electrons. The van der Waals surface area contributed by atoms with Gasteiger partial charge in [0.15, 0.2) is 0 Å². The van der Waals surface area contributed by atoms with Crippen LogP contribution in [0.5, 0.6) is 0 Å². The van der Waals surface area contributed by atoms with Gasteiger partial charge in [-0.2, -0.15) is 0 Å². The van der Waals surface area contributed by atoms with Gasteiger partial charge in [-0.1, -0.05) is 37.1 Å². The maximum absolute atomic E-state index is 12.3. The lowest BCUT2D eigenvalue weighted by Crippen LogP contribution is -2.51. The van der Waals surface area contributed by atoms with Crippen LogP contribution in [-0.4, -0.2) is 23.4 Å². The predicted molar refractivity (Wildman–Crippen MR) is 79.9 cm³/mol. The van der Waals surface area contributed by atoms with Crippen molar-refractivity contribution in [1.82, 2.24) is 4.90 Å². The van der Waals surface area contributed by atoms with Gasteiger partial charge in [0.05, 0.1) is 5.54 Å². The smallest absolute Gasteiger partial charge is 0.242 e. The van der Waals surface area contributed by atoms with Crippen molar-refractivity contribution >= 4 is 5.91 Å². The number of nitrogens with zero attached hydrogens (tertiary/aromatic N) is 1. The molecule has 1 amide bonds. The van der Waals surface area contributed by atoms with Gasteiger partial charge in [-0.05, 0) is 38.3 Å². The first kappa shape index (κ1) is 15.7. The first-order valence-corrected chi connectivity index (χ1v) is 6.88. The van der Waals surface area contributed by atoms with Gasteiger partial charge in [-0.15, -0.1) is 0 Å². The van der Waals surface area contributed by atoms with Gasteiger partial charge in [-0.3, -0.25) is 4.79 Å². The first-order chi connectivity index (χ1) is 8.77. The second-order valence-electron chi connectivity index (χ2n) is 5.76. The zero-order valence-electron chi connectivity index (χ0n) is 12.8. The van der Waals surface area contributed by atoms with Crippen LogP contribution >= 0.6 is 0 Å². The average Bonchev–Trinajstić information content (AvgIpc) is 2.31. The topological polar surface area (TPSA) is 46.3 Å². The Balaban J connectivity index is 2.79. The summed E-state index contributed by atoms with van der Waals surface area (Å²) in [5, 5.41) is 0. The Kier molecular flexibility index (Phi) is 5.12. The van der Waals surface area contributed by atoms with Crippen LogP contribution in [0.4, 0.5) is 0 Å². The molecule has 2 N–H and O–H groups in total. The SMILES string of the molecule is CCCC(C)(N)C(=O)N(C)Cc1ccc(C)cc1C. The molecule has 0 saturated heterocycles. The van der Waals surface area contributed by atoms with E-state index in [0.717, 1.165) is 6.42 Å². The Bertz CT molecular complexity index is 452. The summed E-state index contributed by atoms with van der Waals surface area (Å²) in [5.74, 6) is 0.00863. The molecule has 0 aromatic heterocycles. The van der Waals surface area contributed by atoms with Crippen molar-refractivity contribution in [3.8, 4) is 0 Å². The molecule has 1 unspecified atom stereocenters. The summed E-state index contributed by atoms with van der Waals surface area (Å²) in [4.78, 5) is 14.1. The summed E-state index contributed by atoms with van der Waals surface area (Å²) < 4.78 is 0. The normalized spacial score (nSPS) is 14.0. The van der Waals surface area contributed by atoms with E-state index in [2.05, 4.69) is 32.0 Å². The minimum atomic E-state index is -0.762. The van der Waals surface area contributed by atoms with E-state index in [1.54, 1.807) is 4.90 Å². The minimum Gasteiger partial charge on any atom is -0.340 e. The first-order valence-electron chi connectivity index (χ1n) is 6.88. The van der Waals surface area contributed by atoms with E-state index >= 15 is 0 Å². The Morgan fingerprint density at radius 1 is 1.37 bits per heavy atom. The van der Waals surface area contributed by atoms with Crippen molar-refractivity contribution in [3.63, 3.8) is 0 Å². The van der Waals surface area contributed by atoms with Crippen molar-refractivity contribution < 1.29 is 4.79 Å². The lowest BCUT2D eigenvalue weighted by atomic mass is 9.95. The maximum atomic E-state index is 12.3. The molecule has 0 fully saturated rings. The van der Waals surface area contributed by atoms with E-state index in [0.29, 0.717) is 13.0 Å². The molecule has 0 bridgehead atoms. The molecule has 19 heavy (non-hydrogen) atoms. The highest BCUT2D eigenvalue weighted by molar-refractivity contribution is 5.85. The quantitative estimate of drug-likeness (QED) is 0.887. The molecule has 0 heterocycles. The molecule has 0 aliphatic heterocycles. The summed E-state index contributed by atoms with van der Waals surface area (Å²) in [5.41, 5.74) is 8.97. The standard InChI is InChI=1S/C16H26N2O/c1-6-9-16(4,17)15(19)18(5)11-14-8-7-12(2)10-13(14)3/h7-8,10H,6,9,11,17H2,1-5H3. The molecule has 1 aromatic rings. The molecule has 0 saturated carbocycles.